The minimum Gasteiger partial charge on any atom is -0.494 e. The van der Waals surface area contributed by atoms with Gasteiger partial charge in [-0.1, -0.05) is 24.3 Å². The first-order chi connectivity index (χ1) is 15.4. The number of rotatable bonds is 6. The number of hydrogen-bond donors (Lipinski definition) is 1. The third-order valence-corrected chi connectivity index (χ3v) is 5.28. The van der Waals surface area contributed by atoms with Crippen molar-refractivity contribution in [3.63, 3.8) is 0 Å². The van der Waals surface area contributed by atoms with Crippen LogP contribution in [0.2, 0.25) is 0 Å². The summed E-state index contributed by atoms with van der Waals surface area (Å²) in [7, 11) is 0. The average molecular weight is 430 g/mol. The van der Waals surface area contributed by atoms with Crippen LogP contribution in [0.15, 0.2) is 72.4 Å². The lowest BCUT2D eigenvalue weighted by atomic mass is 10.0. The molecule has 1 aliphatic heterocycles. The van der Waals surface area contributed by atoms with Gasteiger partial charge in [0.1, 0.15) is 17.3 Å². The maximum atomic E-state index is 13.5. The number of nitrogens with one attached hydrogen (secondary N) is 1. The zero-order valence-corrected chi connectivity index (χ0v) is 18.1. The SMILES string of the molecule is CCOc1ccc(N2C(=O)C(Nc3cc(C)ccc3C)=C(c3ccc(F)cc3)C2=O)cc1. The number of ether oxygens (including phenoxy) is 1. The van der Waals surface area contributed by atoms with Crippen LogP contribution in [0.3, 0.4) is 0 Å². The Labute approximate surface area is 186 Å². The van der Waals surface area contributed by atoms with Crippen molar-refractivity contribution in [1.82, 2.24) is 0 Å². The summed E-state index contributed by atoms with van der Waals surface area (Å²) in [6, 6.07) is 18.2. The van der Waals surface area contributed by atoms with E-state index < -0.39 is 17.6 Å². The number of carbonyl (C=O) groups is 2. The minimum absolute atomic E-state index is 0.157. The number of nitrogens with zero attached hydrogens (tertiary/aromatic N) is 1. The van der Waals surface area contributed by atoms with E-state index in [0.29, 0.717) is 23.6 Å². The number of aryl methyl sites for hydroxylation is 2. The number of halogens is 1. The Morgan fingerprint density at radius 1 is 0.906 bits per heavy atom. The fourth-order valence-corrected chi connectivity index (χ4v) is 3.63. The van der Waals surface area contributed by atoms with Gasteiger partial charge in [0.05, 0.1) is 17.9 Å². The Morgan fingerprint density at radius 2 is 1.59 bits per heavy atom. The molecule has 0 fully saturated rings. The van der Waals surface area contributed by atoms with Gasteiger partial charge in [0, 0.05) is 5.69 Å². The first-order valence-electron chi connectivity index (χ1n) is 10.3. The summed E-state index contributed by atoms with van der Waals surface area (Å²) in [5.41, 5.74) is 3.93. The molecule has 0 unspecified atom stereocenters. The molecular weight excluding hydrogens is 407 g/mol. The highest BCUT2D eigenvalue weighted by atomic mass is 19.1. The van der Waals surface area contributed by atoms with Gasteiger partial charge >= 0.3 is 0 Å². The van der Waals surface area contributed by atoms with Crippen LogP contribution in [0.4, 0.5) is 15.8 Å². The molecule has 1 N–H and O–H groups in total. The van der Waals surface area contributed by atoms with Crippen LogP contribution >= 0.6 is 0 Å². The molecule has 0 saturated heterocycles. The van der Waals surface area contributed by atoms with Crippen molar-refractivity contribution in [2.24, 2.45) is 0 Å². The summed E-state index contributed by atoms with van der Waals surface area (Å²) < 4.78 is 19.0. The summed E-state index contributed by atoms with van der Waals surface area (Å²) in [6.07, 6.45) is 0. The van der Waals surface area contributed by atoms with Gasteiger partial charge in [-0.05, 0) is 79.9 Å². The summed E-state index contributed by atoms with van der Waals surface area (Å²) >= 11 is 0. The van der Waals surface area contributed by atoms with E-state index in [1.807, 2.05) is 39.0 Å². The first-order valence-corrected chi connectivity index (χ1v) is 10.3. The molecule has 1 heterocycles. The fourth-order valence-electron chi connectivity index (χ4n) is 3.63. The topological polar surface area (TPSA) is 58.6 Å². The second-order valence-corrected chi connectivity index (χ2v) is 7.57. The molecule has 0 bridgehead atoms. The van der Waals surface area contributed by atoms with Gasteiger partial charge in [0.25, 0.3) is 11.8 Å². The number of hydrogen-bond acceptors (Lipinski definition) is 4. The molecule has 0 radical (unpaired) electrons. The van der Waals surface area contributed by atoms with E-state index >= 15 is 0 Å². The van der Waals surface area contributed by atoms with Crippen LogP contribution in [0.25, 0.3) is 5.57 Å². The monoisotopic (exact) mass is 430 g/mol. The van der Waals surface area contributed by atoms with Crippen molar-refractivity contribution in [3.8, 4) is 5.75 Å². The Kier molecular flexibility index (Phi) is 5.77. The van der Waals surface area contributed by atoms with Crippen molar-refractivity contribution in [2.45, 2.75) is 20.8 Å². The van der Waals surface area contributed by atoms with Gasteiger partial charge in [0.15, 0.2) is 0 Å². The van der Waals surface area contributed by atoms with E-state index in [-0.39, 0.29) is 11.3 Å². The standard InChI is InChI=1S/C26H23FN2O3/c1-4-32-21-13-11-20(12-14-21)29-25(30)23(18-7-9-19(27)10-8-18)24(26(29)31)28-22-15-16(2)5-6-17(22)3/h5-15,28H,4H2,1-3H3. The molecular formula is C26H23FN2O3. The van der Waals surface area contributed by atoms with Gasteiger partial charge in [-0.3, -0.25) is 9.59 Å². The molecule has 2 amide bonds. The third kappa shape index (κ3) is 3.99. The predicted molar refractivity (Wildman–Crippen MR) is 123 cm³/mol. The van der Waals surface area contributed by atoms with Crippen LogP contribution < -0.4 is 15.0 Å². The van der Waals surface area contributed by atoms with Crippen molar-refractivity contribution < 1.29 is 18.7 Å². The van der Waals surface area contributed by atoms with Crippen molar-refractivity contribution in [1.29, 1.82) is 0 Å². The van der Waals surface area contributed by atoms with Crippen LogP contribution in [-0.2, 0) is 9.59 Å². The third-order valence-electron chi connectivity index (χ3n) is 5.28. The van der Waals surface area contributed by atoms with E-state index in [1.165, 1.54) is 24.3 Å². The molecule has 0 saturated carbocycles. The largest absolute Gasteiger partial charge is 0.494 e. The Bertz CT molecular complexity index is 1210. The number of benzene rings is 3. The Morgan fingerprint density at radius 3 is 2.25 bits per heavy atom. The fraction of sp³-hybridized carbons (Fsp3) is 0.154. The van der Waals surface area contributed by atoms with Crippen molar-refractivity contribution in [2.75, 3.05) is 16.8 Å². The van der Waals surface area contributed by atoms with Gasteiger partial charge in [0.2, 0.25) is 0 Å². The summed E-state index contributed by atoms with van der Waals surface area (Å²) in [5.74, 6) is -0.715. The number of carbonyl (C=O) groups excluding carboxylic acids is 2. The lowest BCUT2D eigenvalue weighted by molar-refractivity contribution is -0.120. The second kappa shape index (κ2) is 8.67. The molecule has 32 heavy (non-hydrogen) atoms. The number of anilines is 2. The molecule has 4 rings (SSSR count). The average Bonchev–Trinajstić information content (AvgIpc) is 3.02. The molecule has 1 aliphatic rings. The zero-order valence-electron chi connectivity index (χ0n) is 18.1. The molecule has 0 aliphatic carbocycles. The normalized spacial score (nSPS) is 13.7. The smallest absolute Gasteiger partial charge is 0.282 e. The van der Waals surface area contributed by atoms with Crippen molar-refractivity contribution in [3.05, 3.63) is 94.9 Å². The van der Waals surface area contributed by atoms with Crippen LogP contribution in [0.1, 0.15) is 23.6 Å². The van der Waals surface area contributed by atoms with Gasteiger partial charge in [-0.2, -0.15) is 0 Å². The Balaban J connectivity index is 1.79. The van der Waals surface area contributed by atoms with Crippen LogP contribution in [0, 0.1) is 19.7 Å². The van der Waals surface area contributed by atoms with E-state index in [9.17, 15) is 14.0 Å². The van der Waals surface area contributed by atoms with E-state index in [4.69, 9.17) is 4.74 Å². The maximum Gasteiger partial charge on any atom is 0.282 e. The lowest BCUT2D eigenvalue weighted by Gasteiger charge is -2.16. The molecule has 5 nitrogen and oxygen atoms in total. The minimum atomic E-state index is -0.474. The molecule has 0 spiro atoms. The van der Waals surface area contributed by atoms with E-state index in [2.05, 4.69) is 5.32 Å². The van der Waals surface area contributed by atoms with Crippen LogP contribution in [0.5, 0.6) is 5.75 Å². The summed E-state index contributed by atoms with van der Waals surface area (Å²) in [6.45, 7) is 6.27. The van der Waals surface area contributed by atoms with E-state index in [0.717, 1.165) is 21.7 Å². The predicted octanol–water partition coefficient (Wildman–Crippen LogP) is 5.24. The molecule has 0 atom stereocenters. The maximum absolute atomic E-state index is 13.5. The quantitative estimate of drug-likeness (QED) is 0.544. The molecule has 162 valence electrons. The Hall–Kier alpha value is -3.93. The second-order valence-electron chi connectivity index (χ2n) is 7.57. The molecule has 3 aromatic carbocycles. The summed E-state index contributed by atoms with van der Waals surface area (Å²) in [5, 5.41) is 3.17. The van der Waals surface area contributed by atoms with Crippen molar-refractivity contribution >= 4 is 28.8 Å². The highest BCUT2D eigenvalue weighted by Gasteiger charge is 2.40. The lowest BCUT2D eigenvalue weighted by Crippen LogP contribution is -2.32. The first kappa shape index (κ1) is 21.3. The molecule has 0 aromatic heterocycles. The highest BCUT2D eigenvalue weighted by molar-refractivity contribution is 6.46. The molecule has 3 aromatic rings. The van der Waals surface area contributed by atoms with Crippen LogP contribution in [-0.4, -0.2) is 18.4 Å². The van der Waals surface area contributed by atoms with Gasteiger partial charge in [-0.25, -0.2) is 9.29 Å². The van der Waals surface area contributed by atoms with Gasteiger partial charge in [-0.15, -0.1) is 0 Å². The highest BCUT2D eigenvalue weighted by Crippen LogP contribution is 2.35. The molecule has 6 heteroatoms. The number of amides is 2. The summed E-state index contributed by atoms with van der Waals surface area (Å²) in [4.78, 5) is 28.0. The zero-order chi connectivity index (χ0) is 22.8. The van der Waals surface area contributed by atoms with E-state index in [1.54, 1.807) is 24.3 Å². The number of imide groups is 1. The van der Waals surface area contributed by atoms with Gasteiger partial charge < -0.3 is 10.1 Å².